The summed E-state index contributed by atoms with van der Waals surface area (Å²) in [7, 11) is 0. The average Bonchev–Trinajstić information content (AvgIpc) is 2.69. The zero-order valence-electron chi connectivity index (χ0n) is 16.1. The van der Waals surface area contributed by atoms with Gasteiger partial charge in [-0.15, -0.1) is 0 Å². The fourth-order valence-electron chi connectivity index (χ4n) is 3.46. The Kier molecular flexibility index (Phi) is 6.69. The summed E-state index contributed by atoms with van der Waals surface area (Å²) in [4.78, 5) is 16.7. The summed E-state index contributed by atoms with van der Waals surface area (Å²) in [5, 5.41) is 3.19. The molecule has 1 amide bonds. The lowest BCUT2D eigenvalue weighted by molar-refractivity contribution is 0.0909. The molecule has 1 aromatic heterocycles. The Morgan fingerprint density at radius 2 is 1.89 bits per heavy atom. The predicted octanol–water partition coefficient (Wildman–Crippen LogP) is 4.37. The van der Waals surface area contributed by atoms with Crippen LogP contribution in [0, 0.1) is 5.92 Å². The molecule has 5 heteroatoms. The second-order valence-corrected chi connectivity index (χ2v) is 7.08. The number of amides is 1. The summed E-state index contributed by atoms with van der Waals surface area (Å²) in [6, 6.07) is 9.46. The molecule has 144 valence electrons. The lowest BCUT2D eigenvalue weighted by Gasteiger charge is -2.29. The summed E-state index contributed by atoms with van der Waals surface area (Å²) in [6.45, 7) is 5.07. The minimum Gasteiger partial charge on any atom is -0.490 e. The Morgan fingerprint density at radius 1 is 1.11 bits per heavy atom. The fraction of sp³-hybridized carbons (Fsp3) is 0.455. The topological polar surface area (TPSA) is 60.5 Å². The Bertz CT molecular complexity index is 748. The van der Waals surface area contributed by atoms with Crippen LogP contribution >= 0.6 is 0 Å². The zero-order chi connectivity index (χ0) is 19.1. The molecule has 0 spiro atoms. The summed E-state index contributed by atoms with van der Waals surface area (Å²) < 4.78 is 11.6. The first-order valence-electron chi connectivity index (χ1n) is 9.76. The average molecular weight is 368 g/mol. The van der Waals surface area contributed by atoms with E-state index in [-0.39, 0.29) is 11.9 Å². The van der Waals surface area contributed by atoms with Gasteiger partial charge in [-0.2, -0.15) is 0 Å². The molecule has 5 nitrogen and oxygen atoms in total. The molecular weight excluding hydrogens is 340 g/mol. The summed E-state index contributed by atoms with van der Waals surface area (Å²) in [6.07, 6.45) is 8.14. The van der Waals surface area contributed by atoms with Gasteiger partial charge in [-0.3, -0.25) is 9.78 Å². The van der Waals surface area contributed by atoms with E-state index in [2.05, 4.69) is 17.2 Å². The van der Waals surface area contributed by atoms with Crippen LogP contribution in [0.1, 0.15) is 55.5 Å². The molecule has 1 saturated carbocycles. The fourth-order valence-corrected chi connectivity index (χ4v) is 3.46. The van der Waals surface area contributed by atoms with E-state index in [0.29, 0.717) is 36.2 Å². The molecule has 1 fully saturated rings. The van der Waals surface area contributed by atoms with Crippen molar-refractivity contribution in [2.45, 2.75) is 52.2 Å². The van der Waals surface area contributed by atoms with E-state index in [1.807, 2.05) is 25.1 Å². The third-order valence-electron chi connectivity index (χ3n) is 5.08. The number of carbonyl (C=O) groups excluding carboxylic acids is 1. The molecule has 1 heterocycles. The van der Waals surface area contributed by atoms with E-state index in [1.54, 1.807) is 24.5 Å². The minimum absolute atomic E-state index is 0.0459. The van der Waals surface area contributed by atoms with Gasteiger partial charge in [-0.05, 0) is 61.6 Å². The van der Waals surface area contributed by atoms with Crippen LogP contribution in [0.4, 0.5) is 0 Å². The standard InChI is InChI=1S/C22H28N2O3/c1-3-26-21-14-18(22(25)24-19-7-5-4-6-16(19)2)8-9-20(21)27-15-17-10-12-23-13-11-17/h8-14,16,19H,3-7,15H2,1-2H3,(H,24,25)/t16-,19-/m1/s1. The van der Waals surface area contributed by atoms with Gasteiger partial charge in [0.05, 0.1) is 6.61 Å². The van der Waals surface area contributed by atoms with Crippen molar-refractivity contribution in [1.82, 2.24) is 10.3 Å². The lowest BCUT2D eigenvalue weighted by Crippen LogP contribution is -2.41. The van der Waals surface area contributed by atoms with Gasteiger partial charge in [0.25, 0.3) is 5.91 Å². The highest BCUT2D eigenvalue weighted by molar-refractivity contribution is 5.95. The van der Waals surface area contributed by atoms with Crippen molar-refractivity contribution >= 4 is 5.91 Å². The van der Waals surface area contributed by atoms with Crippen LogP contribution in [0.25, 0.3) is 0 Å². The van der Waals surface area contributed by atoms with Crippen LogP contribution in [-0.2, 0) is 6.61 Å². The van der Waals surface area contributed by atoms with Gasteiger partial charge in [0.15, 0.2) is 11.5 Å². The van der Waals surface area contributed by atoms with Gasteiger partial charge in [0.1, 0.15) is 6.61 Å². The van der Waals surface area contributed by atoms with Crippen molar-refractivity contribution in [1.29, 1.82) is 0 Å². The first-order valence-corrected chi connectivity index (χ1v) is 9.76. The molecule has 0 saturated heterocycles. The monoisotopic (exact) mass is 368 g/mol. The number of carbonyl (C=O) groups is 1. The normalized spacial score (nSPS) is 19.3. The van der Waals surface area contributed by atoms with Crippen molar-refractivity contribution in [3.05, 3.63) is 53.9 Å². The molecule has 0 aliphatic heterocycles. The molecule has 2 atom stereocenters. The molecule has 0 bridgehead atoms. The second-order valence-electron chi connectivity index (χ2n) is 7.08. The van der Waals surface area contributed by atoms with Gasteiger partial charge in [-0.1, -0.05) is 19.8 Å². The number of aromatic nitrogens is 1. The molecule has 1 aliphatic carbocycles. The number of nitrogens with zero attached hydrogens (tertiary/aromatic N) is 1. The third kappa shape index (κ3) is 5.22. The van der Waals surface area contributed by atoms with Crippen LogP contribution in [0.2, 0.25) is 0 Å². The number of benzene rings is 1. The van der Waals surface area contributed by atoms with E-state index < -0.39 is 0 Å². The molecule has 1 aromatic carbocycles. The SMILES string of the molecule is CCOc1cc(C(=O)N[C@@H]2CCCC[C@H]2C)ccc1OCc1ccncc1. The van der Waals surface area contributed by atoms with Crippen molar-refractivity contribution in [3.8, 4) is 11.5 Å². The molecular formula is C22H28N2O3. The van der Waals surface area contributed by atoms with E-state index >= 15 is 0 Å². The number of hydrogen-bond donors (Lipinski definition) is 1. The molecule has 2 aromatic rings. The van der Waals surface area contributed by atoms with Crippen molar-refractivity contribution in [2.75, 3.05) is 6.61 Å². The molecule has 1 aliphatic rings. The Hall–Kier alpha value is -2.56. The molecule has 0 radical (unpaired) electrons. The van der Waals surface area contributed by atoms with E-state index in [0.717, 1.165) is 12.0 Å². The summed E-state index contributed by atoms with van der Waals surface area (Å²) in [5.41, 5.74) is 1.63. The lowest BCUT2D eigenvalue weighted by atomic mass is 9.86. The molecule has 3 rings (SSSR count). The van der Waals surface area contributed by atoms with E-state index in [1.165, 1.54) is 19.3 Å². The predicted molar refractivity (Wildman–Crippen MR) is 105 cm³/mol. The Morgan fingerprint density at radius 3 is 2.63 bits per heavy atom. The Balaban J connectivity index is 1.69. The Labute approximate surface area is 161 Å². The van der Waals surface area contributed by atoms with E-state index in [9.17, 15) is 4.79 Å². The van der Waals surface area contributed by atoms with Crippen molar-refractivity contribution in [2.24, 2.45) is 5.92 Å². The van der Waals surface area contributed by atoms with Gasteiger partial charge in [-0.25, -0.2) is 0 Å². The number of pyridine rings is 1. The largest absolute Gasteiger partial charge is 0.490 e. The summed E-state index contributed by atoms with van der Waals surface area (Å²) >= 11 is 0. The maximum atomic E-state index is 12.7. The van der Waals surface area contributed by atoms with Crippen LogP contribution in [-0.4, -0.2) is 23.5 Å². The molecule has 0 unspecified atom stereocenters. The van der Waals surface area contributed by atoms with Crippen molar-refractivity contribution in [3.63, 3.8) is 0 Å². The highest BCUT2D eigenvalue weighted by Gasteiger charge is 2.23. The maximum Gasteiger partial charge on any atom is 0.251 e. The number of hydrogen-bond acceptors (Lipinski definition) is 4. The van der Waals surface area contributed by atoms with Gasteiger partial charge in [0.2, 0.25) is 0 Å². The van der Waals surface area contributed by atoms with Crippen molar-refractivity contribution < 1.29 is 14.3 Å². The summed E-state index contributed by atoms with van der Waals surface area (Å²) in [5.74, 6) is 1.71. The first-order chi connectivity index (χ1) is 13.2. The van der Waals surface area contributed by atoms with Crippen LogP contribution in [0.5, 0.6) is 11.5 Å². The smallest absolute Gasteiger partial charge is 0.251 e. The van der Waals surface area contributed by atoms with Crippen LogP contribution < -0.4 is 14.8 Å². The number of ether oxygens (including phenoxy) is 2. The zero-order valence-corrected chi connectivity index (χ0v) is 16.1. The first kappa shape index (κ1) is 19.2. The highest BCUT2D eigenvalue weighted by Crippen LogP contribution is 2.30. The van der Waals surface area contributed by atoms with Gasteiger partial charge >= 0.3 is 0 Å². The highest BCUT2D eigenvalue weighted by atomic mass is 16.5. The second kappa shape index (κ2) is 9.40. The van der Waals surface area contributed by atoms with Gasteiger partial charge < -0.3 is 14.8 Å². The number of rotatable bonds is 7. The minimum atomic E-state index is -0.0459. The molecule has 1 N–H and O–H groups in total. The van der Waals surface area contributed by atoms with Gasteiger partial charge in [0, 0.05) is 24.0 Å². The van der Waals surface area contributed by atoms with Crippen LogP contribution in [0.15, 0.2) is 42.7 Å². The third-order valence-corrected chi connectivity index (χ3v) is 5.08. The molecule has 27 heavy (non-hydrogen) atoms. The number of nitrogens with one attached hydrogen (secondary N) is 1. The maximum absolute atomic E-state index is 12.7. The van der Waals surface area contributed by atoms with E-state index in [4.69, 9.17) is 9.47 Å². The quantitative estimate of drug-likeness (QED) is 0.788. The van der Waals surface area contributed by atoms with Crippen LogP contribution in [0.3, 0.4) is 0 Å².